The van der Waals surface area contributed by atoms with E-state index < -0.39 is 6.35 Å². The van der Waals surface area contributed by atoms with Gasteiger partial charge >= 0.3 is 0 Å². The van der Waals surface area contributed by atoms with E-state index in [1.807, 2.05) is 25.3 Å². The first kappa shape index (κ1) is 29.3. The SMILES string of the molecule is CC(=N)NCC[C@@H]1CCC[C@@H](c2ccc(N3C=c4cc(-c5cc(Cl)cc(CCC[C@H](C)N)c5)[nH]c4=NC3O)cc2)N1. The number of anilines is 1. The Bertz CT molecular complexity index is 1470. The summed E-state index contributed by atoms with van der Waals surface area (Å²) in [6.45, 7) is 4.63. The molecule has 0 amide bonds. The van der Waals surface area contributed by atoms with Gasteiger partial charge in [-0.25, -0.2) is 4.99 Å². The van der Waals surface area contributed by atoms with E-state index in [1.165, 1.54) is 17.5 Å². The van der Waals surface area contributed by atoms with Crippen LogP contribution in [-0.4, -0.2) is 40.9 Å². The summed E-state index contributed by atoms with van der Waals surface area (Å²) in [6.07, 6.45) is 8.30. The van der Waals surface area contributed by atoms with Gasteiger partial charge in [0.1, 0.15) is 5.49 Å². The molecule has 0 spiro atoms. The van der Waals surface area contributed by atoms with Gasteiger partial charge in [0.05, 0.1) is 5.84 Å². The first-order valence-electron chi connectivity index (χ1n) is 14.7. The van der Waals surface area contributed by atoms with Crippen molar-refractivity contribution < 1.29 is 5.11 Å². The van der Waals surface area contributed by atoms with Crippen molar-refractivity contribution in [2.45, 2.75) is 83.3 Å². The number of piperidine rings is 1. The highest BCUT2D eigenvalue weighted by Crippen LogP contribution is 2.29. The maximum absolute atomic E-state index is 10.9. The first-order valence-corrected chi connectivity index (χ1v) is 15.1. The zero-order chi connectivity index (χ0) is 28.9. The average molecular weight is 576 g/mol. The molecule has 2 aliphatic heterocycles. The molecule has 3 aromatic rings. The highest BCUT2D eigenvalue weighted by atomic mass is 35.5. The number of rotatable bonds is 10. The molecule has 1 unspecified atom stereocenters. The van der Waals surface area contributed by atoms with Crippen LogP contribution in [0, 0.1) is 5.41 Å². The number of fused-ring (bicyclic) bond motifs is 1. The quantitative estimate of drug-likeness (QED) is 0.159. The Morgan fingerprint density at radius 1 is 1.22 bits per heavy atom. The molecule has 8 nitrogen and oxygen atoms in total. The number of aromatic nitrogens is 1. The fraction of sp³-hybridized carbons (Fsp3) is 0.438. The molecule has 7 N–H and O–H groups in total. The molecule has 1 aromatic heterocycles. The van der Waals surface area contributed by atoms with Gasteiger partial charge in [-0.15, -0.1) is 0 Å². The molecular formula is C32H42ClN7O. The van der Waals surface area contributed by atoms with Crippen LogP contribution in [-0.2, 0) is 6.42 Å². The van der Waals surface area contributed by atoms with E-state index in [0.29, 0.717) is 28.4 Å². The summed E-state index contributed by atoms with van der Waals surface area (Å²) in [7, 11) is 0. The second-order valence-corrected chi connectivity index (χ2v) is 11.9. The molecule has 3 heterocycles. The number of H-pyrrole nitrogens is 1. The predicted molar refractivity (Wildman–Crippen MR) is 168 cm³/mol. The Kier molecular flexibility index (Phi) is 9.45. The van der Waals surface area contributed by atoms with E-state index in [2.05, 4.69) is 57.0 Å². The van der Waals surface area contributed by atoms with Gasteiger partial charge in [-0.05, 0) is 105 Å². The van der Waals surface area contributed by atoms with Crippen molar-refractivity contribution in [1.82, 2.24) is 15.6 Å². The molecular weight excluding hydrogens is 534 g/mol. The Balaban J connectivity index is 1.29. The average Bonchev–Trinajstić information content (AvgIpc) is 3.35. The Morgan fingerprint density at radius 2 is 2.02 bits per heavy atom. The summed E-state index contributed by atoms with van der Waals surface area (Å²) < 4.78 is 0. The van der Waals surface area contributed by atoms with Crippen molar-refractivity contribution in [3.63, 3.8) is 0 Å². The van der Waals surface area contributed by atoms with Crippen molar-refractivity contribution in [3.05, 3.63) is 75.4 Å². The van der Waals surface area contributed by atoms with Crippen LogP contribution < -0.4 is 32.0 Å². The van der Waals surface area contributed by atoms with Crippen LogP contribution in [0.2, 0.25) is 5.02 Å². The molecule has 1 saturated heterocycles. The number of aliphatic hydroxyl groups excluding tert-OH is 1. The molecule has 0 saturated carbocycles. The topological polar surface area (TPSA) is 126 Å². The zero-order valence-corrected chi connectivity index (χ0v) is 24.7. The second-order valence-electron chi connectivity index (χ2n) is 11.5. The lowest BCUT2D eigenvalue weighted by Crippen LogP contribution is -2.41. The minimum Gasteiger partial charge on any atom is -0.374 e. The third-order valence-corrected chi connectivity index (χ3v) is 8.17. The maximum Gasteiger partial charge on any atom is 0.231 e. The van der Waals surface area contributed by atoms with E-state index in [9.17, 15) is 5.11 Å². The lowest BCUT2D eigenvalue weighted by atomic mass is 9.92. The van der Waals surface area contributed by atoms with Gasteiger partial charge in [-0.2, -0.15) is 0 Å². The normalized spacial score (nSPS) is 21.0. The summed E-state index contributed by atoms with van der Waals surface area (Å²) in [5.74, 6) is 0.516. The van der Waals surface area contributed by atoms with Crippen LogP contribution in [0.5, 0.6) is 0 Å². The smallest absolute Gasteiger partial charge is 0.231 e. The van der Waals surface area contributed by atoms with Gasteiger partial charge in [0.15, 0.2) is 0 Å². The molecule has 41 heavy (non-hydrogen) atoms. The Hall–Kier alpha value is -3.17. The summed E-state index contributed by atoms with van der Waals surface area (Å²) >= 11 is 6.47. The van der Waals surface area contributed by atoms with Crippen LogP contribution in [0.15, 0.2) is 53.5 Å². The van der Waals surface area contributed by atoms with Crippen molar-refractivity contribution in [2.75, 3.05) is 11.4 Å². The minimum atomic E-state index is -1.02. The molecule has 2 aromatic carbocycles. The number of aromatic amines is 1. The Morgan fingerprint density at radius 3 is 2.78 bits per heavy atom. The summed E-state index contributed by atoms with van der Waals surface area (Å²) in [6, 6.07) is 17.5. The van der Waals surface area contributed by atoms with E-state index in [4.69, 9.17) is 22.7 Å². The molecule has 2 aliphatic rings. The van der Waals surface area contributed by atoms with Gasteiger partial charge in [0.25, 0.3) is 0 Å². The second kappa shape index (κ2) is 13.2. The summed E-state index contributed by atoms with van der Waals surface area (Å²) in [5.41, 5.74) is 11.8. The van der Waals surface area contributed by atoms with Crippen LogP contribution in [0.25, 0.3) is 17.5 Å². The third-order valence-electron chi connectivity index (χ3n) is 7.95. The maximum atomic E-state index is 10.9. The monoisotopic (exact) mass is 575 g/mol. The van der Waals surface area contributed by atoms with E-state index >= 15 is 0 Å². The first-order chi connectivity index (χ1) is 19.7. The number of aryl methyl sites for hydroxylation is 1. The fourth-order valence-corrected chi connectivity index (χ4v) is 6.08. The van der Waals surface area contributed by atoms with Gasteiger partial charge in [-0.3, -0.25) is 5.41 Å². The molecule has 0 aliphatic carbocycles. The van der Waals surface area contributed by atoms with E-state index in [1.54, 1.807) is 11.8 Å². The van der Waals surface area contributed by atoms with Crippen molar-refractivity contribution in [3.8, 4) is 11.3 Å². The molecule has 9 heteroatoms. The number of benzene rings is 2. The number of hydrogen-bond acceptors (Lipinski definition) is 6. The van der Waals surface area contributed by atoms with Crippen LogP contribution >= 0.6 is 11.6 Å². The number of hydrogen-bond donors (Lipinski definition) is 6. The number of nitrogens with two attached hydrogens (primary N) is 1. The van der Waals surface area contributed by atoms with Gasteiger partial charge in [-0.1, -0.05) is 30.2 Å². The number of nitrogens with one attached hydrogen (secondary N) is 4. The van der Waals surface area contributed by atoms with E-state index in [0.717, 1.165) is 67.2 Å². The number of aliphatic hydroxyl groups is 1. The van der Waals surface area contributed by atoms with Gasteiger partial charge in [0, 0.05) is 52.5 Å². The standard InChI is InChI=1S/C32H42ClN7O/c1-20(34)5-3-6-22-15-24(17-26(33)16-22)30-18-25-19-40(32(41)39-31(25)38-30)28-11-9-23(10-12-28)29-8-4-7-27(37-29)13-14-36-21(2)35/h9-12,15-20,27,29,32,37,41H,3-8,13-14,34H2,1-2H3,(H2,35,36)(H,38,39)/t20-,27-,29-,32?/m0/s1. The molecule has 1 fully saturated rings. The highest BCUT2D eigenvalue weighted by Gasteiger charge is 2.23. The summed E-state index contributed by atoms with van der Waals surface area (Å²) in [5, 5.41) is 27.0. The minimum absolute atomic E-state index is 0.193. The summed E-state index contributed by atoms with van der Waals surface area (Å²) in [4.78, 5) is 9.71. The molecule has 218 valence electrons. The van der Waals surface area contributed by atoms with Crippen LogP contribution in [0.3, 0.4) is 0 Å². The molecule has 0 radical (unpaired) electrons. The van der Waals surface area contributed by atoms with Crippen LogP contribution in [0.4, 0.5) is 5.69 Å². The van der Waals surface area contributed by atoms with Crippen molar-refractivity contribution >= 4 is 29.3 Å². The molecule has 0 bridgehead atoms. The lowest BCUT2D eigenvalue weighted by molar-refractivity contribution is 0.186. The highest BCUT2D eigenvalue weighted by molar-refractivity contribution is 6.30. The third kappa shape index (κ3) is 7.57. The Labute approximate surface area is 247 Å². The molecule has 4 atom stereocenters. The number of nitrogens with zero attached hydrogens (tertiary/aromatic N) is 2. The van der Waals surface area contributed by atoms with E-state index in [-0.39, 0.29) is 6.04 Å². The van der Waals surface area contributed by atoms with Gasteiger partial charge in [0.2, 0.25) is 6.35 Å². The zero-order valence-electron chi connectivity index (χ0n) is 24.0. The lowest BCUT2D eigenvalue weighted by Gasteiger charge is -2.32. The van der Waals surface area contributed by atoms with Crippen molar-refractivity contribution in [2.24, 2.45) is 10.7 Å². The fourth-order valence-electron chi connectivity index (χ4n) is 5.82. The number of amidine groups is 1. The molecule has 5 rings (SSSR count). The van der Waals surface area contributed by atoms with Crippen molar-refractivity contribution in [1.29, 1.82) is 5.41 Å². The van der Waals surface area contributed by atoms with Crippen LogP contribution in [0.1, 0.15) is 69.5 Å². The largest absolute Gasteiger partial charge is 0.374 e. The number of halogens is 1. The predicted octanol–water partition coefficient (Wildman–Crippen LogP) is 4.32. The van der Waals surface area contributed by atoms with Gasteiger partial charge < -0.3 is 31.4 Å².